The van der Waals surface area contributed by atoms with Crippen LogP contribution in [0.4, 0.5) is 0 Å². The first kappa shape index (κ1) is 18.4. The molecule has 0 aliphatic heterocycles. The van der Waals surface area contributed by atoms with Crippen LogP contribution < -0.4 is 0 Å². The summed E-state index contributed by atoms with van der Waals surface area (Å²) in [4.78, 5) is 0. The van der Waals surface area contributed by atoms with E-state index in [9.17, 15) is 0 Å². The molecule has 0 heterocycles. The van der Waals surface area contributed by atoms with Gasteiger partial charge in [-0.25, -0.2) is 0 Å². The molecule has 0 saturated carbocycles. The molecule has 0 aromatic heterocycles. The minimum absolute atomic E-state index is 0.657. The quantitative estimate of drug-likeness (QED) is 0.375. The van der Waals surface area contributed by atoms with Gasteiger partial charge >= 0.3 is 136 Å². The third-order valence-electron chi connectivity index (χ3n) is 4.00. The number of hydrogen-bond donors (Lipinski definition) is 0. The molecule has 0 spiro atoms. The molecule has 117 valence electrons. The summed E-state index contributed by atoms with van der Waals surface area (Å²) < 4.78 is 5.99. The van der Waals surface area contributed by atoms with Crippen molar-refractivity contribution in [1.29, 1.82) is 0 Å². The van der Waals surface area contributed by atoms with Gasteiger partial charge in [0, 0.05) is 0 Å². The van der Waals surface area contributed by atoms with Crippen molar-refractivity contribution in [3.05, 3.63) is 47.7 Å². The summed E-state index contributed by atoms with van der Waals surface area (Å²) in [6, 6.07) is 11.1. The van der Waals surface area contributed by atoms with E-state index in [0.717, 1.165) is 0 Å². The normalized spacial score (nSPS) is 13.5. The van der Waals surface area contributed by atoms with Gasteiger partial charge < -0.3 is 0 Å². The maximum atomic E-state index is 5.33. The Kier molecular flexibility index (Phi) is 9.57. The fourth-order valence-electron chi connectivity index (χ4n) is 2.94. The first-order valence-corrected chi connectivity index (χ1v) is 12.5. The van der Waals surface area contributed by atoms with Crippen LogP contribution in [0, 0.1) is 0 Å². The van der Waals surface area contributed by atoms with E-state index in [0.29, 0.717) is 4.75 Å². The van der Waals surface area contributed by atoms with Crippen LogP contribution in [0.5, 0.6) is 0 Å². The van der Waals surface area contributed by atoms with Gasteiger partial charge in [0.25, 0.3) is 0 Å². The van der Waals surface area contributed by atoms with Crippen LogP contribution >= 0.6 is 0 Å². The number of unbranched alkanes of at least 4 members (excludes halogenated alkanes) is 2. The third-order valence-corrected chi connectivity index (χ3v) is 11.5. The SMILES string of the molecule is CCC[CH2][Ge]([CH2]CCC)[CH](/C(C)=C\OC)c1ccccc1. The zero-order valence-corrected chi connectivity index (χ0v) is 16.3. The maximum absolute atomic E-state index is 5.33. The summed E-state index contributed by atoms with van der Waals surface area (Å²) in [7, 11) is 1.77. The van der Waals surface area contributed by atoms with Gasteiger partial charge in [0.1, 0.15) is 0 Å². The van der Waals surface area contributed by atoms with Gasteiger partial charge in [-0.1, -0.05) is 0 Å². The second kappa shape index (κ2) is 10.9. The number of hydrogen-bond acceptors (Lipinski definition) is 1. The summed E-state index contributed by atoms with van der Waals surface area (Å²) in [6.45, 7) is 6.88. The average molecular weight is 348 g/mol. The minimum atomic E-state index is -1.16. The van der Waals surface area contributed by atoms with Crippen molar-refractivity contribution in [3.63, 3.8) is 0 Å². The molecule has 0 amide bonds. The Hall–Kier alpha value is -0.697. The fraction of sp³-hybridized carbons (Fsp3) is 0.579. The molecule has 1 unspecified atom stereocenters. The summed E-state index contributed by atoms with van der Waals surface area (Å²) in [6.07, 6.45) is 7.39. The molecular weight excluding hydrogens is 317 g/mol. The Balaban J connectivity index is 3.02. The molecule has 1 aromatic carbocycles. The van der Waals surface area contributed by atoms with E-state index in [1.807, 2.05) is 6.26 Å². The van der Waals surface area contributed by atoms with Crippen LogP contribution in [-0.4, -0.2) is 21.5 Å². The van der Waals surface area contributed by atoms with Gasteiger partial charge in [-0.2, -0.15) is 0 Å². The molecule has 1 nitrogen and oxygen atoms in total. The Morgan fingerprint density at radius 2 is 1.67 bits per heavy atom. The van der Waals surface area contributed by atoms with E-state index >= 15 is 0 Å². The molecule has 1 rings (SSSR count). The number of ether oxygens (including phenoxy) is 1. The van der Waals surface area contributed by atoms with Crippen molar-refractivity contribution in [2.24, 2.45) is 0 Å². The molecule has 0 fully saturated rings. The topological polar surface area (TPSA) is 9.23 Å². The first-order valence-electron chi connectivity index (χ1n) is 8.33. The van der Waals surface area contributed by atoms with Crippen LogP contribution in [0.2, 0.25) is 10.5 Å². The Bertz CT molecular complexity index is 391. The third kappa shape index (κ3) is 6.29. The van der Waals surface area contributed by atoms with Gasteiger partial charge in [-0.05, 0) is 0 Å². The zero-order chi connectivity index (χ0) is 15.5. The Labute approximate surface area is 135 Å². The molecule has 0 aliphatic carbocycles. The molecule has 0 aliphatic rings. The van der Waals surface area contributed by atoms with E-state index in [1.165, 1.54) is 47.3 Å². The molecular formula is C19H31GeO. The predicted molar refractivity (Wildman–Crippen MR) is 95.1 cm³/mol. The molecule has 0 saturated heterocycles. The van der Waals surface area contributed by atoms with Crippen LogP contribution in [0.3, 0.4) is 0 Å². The second-order valence-electron chi connectivity index (χ2n) is 5.81. The fourth-order valence-corrected chi connectivity index (χ4v) is 11.0. The molecule has 2 heteroatoms. The van der Waals surface area contributed by atoms with Crippen molar-refractivity contribution < 1.29 is 4.74 Å². The van der Waals surface area contributed by atoms with Crippen molar-refractivity contribution in [3.8, 4) is 0 Å². The van der Waals surface area contributed by atoms with Crippen molar-refractivity contribution in [1.82, 2.24) is 0 Å². The van der Waals surface area contributed by atoms with Crippen molar-refractivity contribution >= 4 is 14.3 Å². The van der Waals surface area contributed by atoms with E-state index in [2.05, 4.69) is 51.1 Å². The van der Waals surface area contributed by atoms with E-state index in [4.69, 9.17) is 4.74 Å². The van der Waals surface area contributed by atoms with Gasteiger partial charge in [0.05, 0.1) is 0 Å². The average Bonchev–Trinajstić information content (AvgIpc) is 2.51. The number of allylic oxidation sites excluding steroid dienone is 1. The molecule has 0 bridgehead atoms. The van der Waals surface area contributed by atoms with E-state index in [-0.39, 0.29) is 0 Å². The number of rotatable bonds is 10. The van der Waals surface area contributed by atoms with Crippen LogP contribution in [-0.2, 0) is 4.74 Å². The van der Waals surface area contributed by atoms with Gasteiger partial charge in [-0.15, -0.1) is 0 Å². The van der Waals surface area contributed by atoms with Crippen LogP contribution in [0.1, 0.15) is 56.8 Å². The molecule has 0 N–H and O–H groups in total. The Morgan fingerprint density at radius 3 is 2.14 bits per heavy atom. The summed E-state index contributed by atoms with van der Waals surface area (Å²) >= 11 is -1.16. The summed E-state index contributed by atoms with van der Waals surface area (Å²) in [5.74, 6) is 0. The first-order chi connectivity index (χ1) is 10.2. The molecule has 1 aromatic rings. The molecule has 1 atom stereocenters. The van der Waals surface area contributed by atoms with E-state index < -0.39 is 14.3 Å². The monoisotopic (exact) mass is 349 g/mol. The van der Waals surface area contributed by atoms with E-state index in [1.54, 1.807) is 7.11 Å². The standard InChI is InChI=1S/C19H31GeO/c1-5-7-14-20(15-8-6-2)19(17(3)16-21-4)18-12-10-9-11-13-18/h9-13,16,19H,5-8,14-15H2,1-4H3/b17-16-. The van der Waals surface area contributed by atoms with Crippen LogP contribution in [0.25, 0.3) is 0 Å². The number of methoxy groups -OCH3 is 1. The summed E-state index contributed by atoms with van der Waals surface area (Å²) in [5.41, 5.74) is 2.93. The zero-order valence-electron chi connectivity index (χ0n) is 14.2. The van der Waals surface area contributed by atoms with Gasteiger partial charge in [0.15, 0.2) is 0 Å². The summed E-state index contributed by atoms with van der Waals surface area (Å²) in [5, 5.41) is 2.95. The second-order valence-corrected chi connectivity index (χ2v) is 11.9. The van der Waals surface area contributed by atoms with Gasteiger partial charge in [0.2, 0.25) is 0 Å². The van der Waals surface area contributed by atoms with Crippen LogP contribution in [0.15, 0.2) is 42.2 Å². The number of benzene rings is 1. The Morgan fingerprint density at radius 1 is 1.10 bits per heavy atom. The molecule has 21 heavy (non-hydrogen) atoms. The predicted octanol–water partition coefficient (Wildman–Crippen LogP) is 5.95. The van der Waals surface area contributed by atoms with Crippen molar-refractivity contribution in [2.75, 3.05) is 7.11 Å². The van der Waals surface area contributed by atoms with Gasteiger partial charge in [-0.3, -0.25) is 0 Å². The molecule has 1 radical (unpaired) electrons. The van der Waals surface area contributed by atoms with Crippen molar-refractivity contribution in [2.45, 2.75) is 61.7 Å².